The number of allylic oxidation sites excluding steroid dienone is 1. The van der Waals surface area contributed by atoms with Crippen molar-refractivity contribution in [3.63, 3.8) is 0 Å². The van der Waals surface area contributed by atoms with Crippen LogP contribution in [0, 0.1) is 6.92 Å². The molecule has 166 valence electrons. The van der Waals surface area contributed by atoms with Gasteiger partial charge in [0, 0.05) is 34.8 Å². The lowest BCUT2D eigenvalue weighted by Crippen LogP contribution is -1.99. The van der Waals surface area contributed by atoms with Crippen LogP contribution in [0.4, 0.5) is 0 Å². The minimum atomic E-state index is -0.110. The molecule has 0 aliphatic carbocycles. The molecule has 0 radical (unpaired) electrons. The quantitative estimate of drug-likeness (QED) is 0.337. The third-order valence-corrected chi connectivity index (χ3v) is 6.01. The molecule has 5 rings (SSSR count). The predicted octanol–water partition coefficient (Wildman–Crippen LogP) is 6.17. The van der Waals surface area contributed by atoms with Gasteiger partial charge in [0.15, 0.2) is 5.76 Å². The maximum absolute atomic E-state index is 13.1. The molecule has 3 aromatic carbocycles. The van der Waals surface area contributed by atoms with E-state index in [1.54, 1.807) is 13.2 Å². The van der Waals surface area contributed by atoms with Gasteiger partial charge in [0.25, 0.3) is 0 Å². The van der Waals surface area contributed by atoms with E-state index in [-0.39, 0.29) is 5.78 Å². The fraction of sp³-hybridized carbons (Fsp3) is 0.179. The van der Waals surface area contributed by atoms with E-state index < -0.39 is 0 Å². The normalized spacial score (nSPS) is 13.9. The maximum Gasteiger partial charge on any atom is 0.231 e. The molecular weight excluding hydrogens is 414 g/mol. The first kappa shape index (κ1) is 20.9. The van der Waals surface area contributed by atoms with Gasteiger partial charge in [-0.3, -0.25) is 4.79 Å². The monoisotopic (exact) mass is 439 g/mol. The largest absolute Gasteiger partial charge is 0.497 e. The number of Topliss-reactive ketones (excluding diaryl/α,β-unsaturated/α-hetero) is 1. The number of ketones is 1. The van der Waals surface area contributed by atoms with Crippen molar-refractivity contribution in [1.29, 1.82) is 0 Å². The van der Waals surface area contributed by atoms with Crippen LogP contribution >= 0.6 is 0 Å². The number of methoxy groups -OCH3 is 1. The molecule has 0 fully saturated rings. The Bertz CT molecular complexity index is 1400. The average Bonchev–Trinajstić information content (AvgIpc) is 3.37. The van der Waals surface area contributed by atoms with Crippen LogP contribution in [-0.4, -0.2) is 17.5 Å². The smallest absolute Gasteiger partial charge is 0.231 e. The van der Waals surface area contributed by atoms with E-state index in [0.29, 0.717) is 29.4 Å². The lowest BCUT2D eigenvalue weighted by molar-refractivity contribution is 0.101. The summed E-state index contributed by atoms with van der Waals surface area (Å²) in [4.78, 5) is 13.1. The molecule has 0 bridgehead atoms. The van der Waals surface area contributed by atoms with Crippen molar-refractivity contribution in [2.45, 2.75) is 27.0 Å². The van der Waals surface area contributed by atoms with Crippen LogP contribution in [-0.2, 0) is 13.2 Å². The number of para-hydroxylation sites is 1. The number of fused-ring (bicyclic) bond motifs is 2. The molecule has 0 N–H and O–H groups in total. The summed E-state index contributed by atoms with van der Waals surface area (Å²) in [5, 5.41) is 1.10. The van der Waals surface area contributed by atoms with Gasteiger partial charge in [-0.1, -0.05) is 30.3 Å². The first-order valence-electron chi connectivity index (χ1n) is 11.0. The minimum absolute atomic E-state index is 0.110. The first-order valence-corrected chi connectivity index (χ1v) is 11.0. The summed E-state index contributed by atoms with van der Waals surface area (Å²) in [6.45, 7) is 5.27. The van der Waals surface area contributed by atoms with Gasteiger partial charge in [-0.2, -0.15) is 0 Å². The van der Waals surface area contributed by atoms with E-state index in [4.69, 9.17) is 14.2 Å². The fourth-order valence-electron chi connectivity index (χ4n) is 4.24. The molecule has 5 nitrogen and oxygen atoms in total. The lowest BCUT2D eigenvalue weighted by Gasteiger charge is -2.12. The molecule has 4 aromatic rings. The van der Waals surface area contributed by atoms with E-state index in [2.05, 4.69) is 29.8 Å². The number of nitrogens with zero attached hydrogens (tertiary/aromatic N) is 1. The summed E-state index contributed by atoms with van der Waals surface area (Å²) >= 11 is 0. The molecule has 0 unspecified atom stereocenters. The highest BCUT2D eigenvalue weighted by molar-refractivity contribution is 6.15. The van der Waals surface area contributed by atoms with Crippen molar-refractivity contribution in [2.75, 3.05) is 7.11 Å². The fourth-order valence-corrected chi connectivity index (χ4v) is 4.24. The van der Waals surface area contributed by atoms with Crippen LogP contribution in [0.3, 0.4) is 0 Å². The van der Waals surface area contributed by atoms with E-state index in [1.807, 2.05) is 55.5 Å². The summed E-state index contributed by atoms with van der Waals surface area (Å²) in [5.41, 5.74) is 4.48. The molecule has 5 heteroatoms. The van der Waals surface area contributed by atoms with Crippen LogP contribution in [0.5, 0.6) is 17.2 Å². The molecule has 0 saturated heterocycles. The molecule has 1 aliphatic rings. The Balaban J connectivity index is 1.42. The first-order chi connectivity index (χ1) is 16.1. The number of benzene rings is 3. The number of aryl methyl sites for hydroxylation is 1. The second-order valence-corrected chi connectivity index (χ2v) is 8.03. The zero-order chi connectivity index (χ0) is 22.9. The highest BCUT2D eigenvalue weighted by Gasteiger charge is 2.30. The number of carbonyl (C=O) groups excluding carboxylic acids is 1. The summed E-state index contributed by atoms with van der Waals surface area (Å²) in [6, 6.07) is 19.6. The molecule has 1 aliphatic heterocycles. The van der Waals surface area contributed by atoms with E-state index in [9.17, 15) is 4.79 Å². The predicted molar refractivity (Wildman–Crippen MR) is 129 cm³/mol. The van der Waals surface area contributed by atoms with Gasteiger partial charge in [-0.15, -0.1) is 0 Å². The minimum Gasteiger partial charge on any atom is -0.497 e. The van der Waals surface area contributed by atoms with Crippen LogP contribution < -0.4 is 14.2 Å². The van der Waals surface area contributed by atoms with Crippen molar-refractivity contribution < 1.29 is 19.0 Å². The molecule has 0 atom stereocenters. The van der Waals surface area contributed by atoms with Gasteiger partial charge in [0.1, 0.15) is 23.9 Å². The average molecular weight is 440 g/mol. The topological polar surface area (TPSA) is 49.7 Å². The molecule has 0 saturated carbocycles. The molecule has 33 heavy (non-hydrogen) atoms. The Morgan fingerprint density at radius 3 is 2.73 bits per heavy atom. The van der Waals surface area contributed by atoms with Crippen LogP contribution in [0.25, 0.3) is 17.0 Å². The van der Waals surface area contributed by atoms with Gasteiger partial charge >= 0.3 is 0 Å². The number of carbonyl (C=O) groups is 1. The standard InChI is InChI=1S/C28H25NO4/c1-4-29-16-20(22-10-5-6-11-24(22)29)15-26-27(30)23-12-13-25(18(2)28(23)33-26)32-17-19-8-7-9-21(14-19)31-3/h5-16H,4,17H2,1-3H3/b26-15-. The zero-order valence-corrected chi connectivity index (χ0v) is 18.9. The molecule has 1 aromatic heterocycles. The van der Waals surface area contributed by atoms with Gasteiger partial charge in [0.05, 0.1) is 12.7 Å². The van der Waals surface area contributed by atoms with Gasteiger partial charge in [-0.05, 0) is 55.8 Å². The molecular formula is C28H25NO4. The highest BCUT2D eigenvalue weighted by Crippen LogP contribution is 2.40. The number of hydrogen-bond donors (Lipinski definition) is 0. The zero-order valence-electron chi connectivity index (χ0n) is 18.9. The highest BCUT2D eigenvalue weighted by atomic mass is 16.5. The van der Waals surface area contributed by atoms with Crippen molar-refractivity contribution in [3.05, 3.63) is 94.9 Å². The number of hydrogen-bond acceptors (Lipinski definition) is 4. The van der Waals surface area contributed by atoms with Crippen LogP contribution in [0.2, 0.25) is 0 Å². The lowest BCUT2D eigenvalue weighted by atomic mass is 10.1. The third-order valence-electron chi connectivity index (χ3n) is 6.01. The number of ether oxygens (including phenoxy) is 3. The van der Waals surface area contributed by atoms with Gasteiger partial charge in [-0.25, -0.2) is 0 Å². The summed E-state index contributed by atoms with van der Waals surface area (Å²) in [7, 11) is 1.64. The van der Waals surface area contributed by atoms with E-state index >= 15 is 0 Å². The summed E-state index contributed by atoms with van der Waals surface area (Å²) in [5.74, 6) is 2.26. The van der Waals surface area contributed by atoms with E-state index in [1.165, 1.54) is 0 Å². The Labute approximate surface area is 192 Å². The molecule has 0 amide bonds. The van der Waals surface area contributed by atoms with Gasteiger partial charge < -0.3 is 18.8 Å². The third kappa shape index (κ3) is 3.76. The maximum atomic E-state index is 13.1. The second kappa shape index (κ2) is 8.51. The second-order valence-electron chi connectivity index (χ2n) is 8.03. The summed E-state index contributed by atoms with van der Waals surface area (Å²) < 4.78 is 19.6. The van der Waals surface area contributed by atoms with Crippen molar-refractivity contribution in [3.8, 4) is 17.2 Å². The Morgan fingerprint density at radius 1 is 1.06 bits per heavy atom. The molecule has 2 heterocycles. The number of rotatable bonds is 6. The van der Waals surface area contributed by atoms with Crippen molar-refractivity contribution in [1.82, 2.24) is 4.57 Å². The van der Waals surface area contributed by atoms with Crippen molar-refractivity contribution >= 4 is 22.8 Å². The van der Waals surface area contributed by atoms with Crippen LogP contribution in [0.15, 0.2) is 72.6 Å². The SMILES string of the molecule is CCn1cc(/C=C2\Oc3c(ccc(OCc4cccc(OC)c4)c3C)C2=O)c2ccccc21. The Morgan fingerprint density at radius 2 is 1.91 bits per heavy atom. The van der Waals surface area contributed by atoms with E-state index in [0.717, 1.165) is 39.9 Å². The molecule has 0 spiro atoms. The van der Waals surface area contributed by atoms with Crippen LogP contribution in [0.1, 0.15) is 34.0 Å². The number of aromatic nitrogens is 1. The summed E-state index contributed by atoms with van der Waals surface area (Å²) in [6.07, 6.45) is 3.90. The Kier molecular flexibility index (Phi) is 5.38. The Hall–Kier alpha value is -3.99. The van der Waals surface area contributed by atoms with Crippen molar-refractivity contribution in [2.24, 2.45) is 0 Å². The van der Waals surface area contributed by atoms with Gasteiger partial charge in [0.2, 0.25) is 5.78 Å².